The monoisotopic (exact) mass is 107 g/mol. The summed E-state index contributed by atoms with van der Waals surface area (Å²) >= 11 is 0. The number of sulfone groups is 1. The molecular weight excluding hydrogens is 104 g/mol. The summed E-state index contributed by atoms with van der Waals surface area (Å²) in [5.41, 5.74) is 0.826. The predicted octanol–water partition coefficient (Wildman–Crippen LogP) is -0.902. The summed E-state index contributed by atoms with van der Waals surface area (Å²) in [5.74, 6) is 0. The van der Waals surface area contributed by atoms with Crippen LogP contribution in [0.3, 0.4) is 0 Å². The van der Waals surface area contributed by atoms with Gasteiger partial charge in [-0.2, -0.15) is 0 Å². The van der Waals surface area contributed by atoms with Gasteiger partial charge in [-0.1, -0.05) is 0 Å². The van der Waals surface area contributed by atoms with E-state index in [9.17, 15) is 8.42 Å². The molecule has 0 saturated heterocycles. The van der Waals surface area contributed by atoms with Crippen molar-refractivity contribution < 1.29 is 13.2 Å². The van der Waals surface area contributed by atoms with Crippen molar-refractivity contribution in [3.05, 3.63) is 0 Å². The predicted molar refractivity (Wildman–Crippen MR) is 20.5 cm³/mol. The SMILES string of the molecule is CS(=O)(=O)[C]=O. The van der Waals surface area contributed by atoms with Gasteiger partial charge in [0.25, 0.3) is 0 Å². The molecule has 3 nitrogen and oxygen atoms in total. The van der Waals surface area contributed by atoms with E-state index in [1.165, 1.54) is 0 Å². The third kappa shape index (κ3) is 3.62. The van der Waals surface area contributed by atoms with E-state index >= 15 is 0 Å². The van der Waals surface area contributed by atoms with Crippen molar-refractivity contribution in [2.24, 2.45) is 0 Å². The molecule has 0 aliphatic rings. The lowest BCUT2D eigenvalue weighted by molar-refractivity contribution is 0.557. The molecule has 0 amide bonds. The van der Waals surface area contributed by atoms with Gasteiger partial charge in [0.1, 0.15) is 0 Å². The van der Waals surface area contributed by atoms with Crippen molar-refractivity contribution >= 4 is 15.5 Å². The highest BCUT2D eigenvalue weighted by molar-refractivity contribution is 8.03. The molecule has 0 unspecified atom stereocenters. The second-order valence-electron chi connectivity index (χ2n) is 0.855. The van der Waals surface area contributed by atoms with E-state index < -0.39 is 9.84 Å². The lowest BCUT2D eigenvalue weighted by Crippen LogP contribution is -1.93. The summed E-state index contributed by atoms with van der Waals surface area (Å²) in [6, 6.07) is 0. The standard InChI is InChI=1S/C2H3O3S/c1-6(4,5)2-3/h1H3. The molecule has 0 spiro atoms. The fourth-order valence-electron chi connectivity index (χ4n) is 0. The second-order valence-corrected chi connectivity index (χ2v) is 2.57. The van der Waals surface area contributed by atoms with Crippen LogP contribution < -0.4 is 0 Å². The molecule has 4 heteroatoms. The zero-order valence-electron chi connectivity index (χ0n) is 3.13. The van der Waals surface area contributed by atoms with Gasteiger partial charge in [-0.15, -0.1) is 0 Å². The van der Waals surface area contributed by atoms with Crippen LogP contribution in [-0.2, 0) is 14.6 Å². The fourth-order valence-corrected chi connectivity index (χ4v) is 0. The van der Waals surface area contributed by atoms with Gasteiger partial charge in [0, 0.05) is 6.26 Å². The first-order valence-electron chi connectivity index (χ1n) is 1.15. The molecule has 35 valence electrons. The maximum atomic E-state index is 9.58. The summed E-state index contributed by atoms with van der Waals surface area (Å²) in [5, 5.41) is 0. The Bertz CT molecular complexity index is 119. The number of hydrogen-bond donors (Lipinski definition) is 0. The summed E-state index contributed by atoms with van der Waals surface area (Å²) in [4.78, 5) is 9.11. The molecule has 1 radical (unpaired) electrons. The minimum Gasteiger partial charge on any atom is -0.271 e. The zero-order valence-corrected chi connectivity index (χ0v) is 3.95. The quantitative estimate of drug-likeness (QED) is 0.436. The smallest absolute Gasteiger partial charge is 0.271 e. The third-order valence-corrected chi connectivity index (χ3v) is 0.454. The Morgan fingerprint density at radius 1 is 1.50 bits per heavy atom. The fraction of sp³-hybridized carbons (Fsp3) is 0.500. The Labute approximate surface area is 35.9 Å². The molecule has 0 saturated carbocycles. The topological polar surface area (TPSA) is 51.2 Å². The minimum atomic E-state index is -3.47. The van der Waals surface area contributed by atoms with Gasteiger partial charge >= 0.3 is 5.62 Å². The van der Waals surface area contributed by atoms with E-state index in [1.807, 2.05) is 0 Å². The van der Waals surface area contributed by atoms with Crippen molar-refractivity contribution in [2.45, 2.75) is 0 Å². The van der Waals surface area contributed by atoms with Crippen LogP contribution in [0.5, 0.6) is 0 Å². The molecule has 0 heterocycles. The van der Waals surface area contributed by atoms with Crippen molar-refractivity contribution in [3.63, 3.8) is 0 Å². The first-order chi connectivity index (χ1) is 2.56. The van der Waals surface area contributed by atoms with Gasteiger partial charge in [0.05, 0.1) is 0 Å². The molecule has 0 atom stereocenters. The molecule has 0 bridgehead atoms. The van der Waals surface area contributed by atoms with Gasteiger partial charge < -0.3 is 0 Å². The van der Waals surface area contributed by atoms with Crippen LogP contribution >= 0.6 is 0 Å². The van der Waals surface area contributed by atoms with Crippen LogP contribution in [-0.4, -0.2) is 20.3 Å². The number of carbonyl (C=O) groups excluding carboxylic acids is 1. The molecule has 0 rings (SSSR count). The molecule has 0 aromatic rings. The van der Waals surface area contributed by atoms with Gasteiger partial charge in [-0.3, -0.25) is 4.79 Å². The first kappa shape index (κ1) is 5.62. The molecule has 0 aromatic heterocycles. The molecule has 6 heavy (non-hydrogen) atoms. The Morgan fingerprint density at radius 3 is 1.67 bits per heavy atom. The van der Waals surface area contributed by atoms with Gasteiger partial charge in [-0.05, 0) is 0 Å². The summed E-state index contributed by atoms with van der Waals surface area (Å²) in [7, 11) is -3.47. The molecule has 0 aliphatic carbocycles. The summed E-state index contributed by atoms with van der Waals surface area (Å²) in [6.45, 7) is 0. The average molecular weight is 107 g/mol. The van der Waals surface area contributed by atoms with Crippen LogP contribution in [0.2, 0.25) is 0 Å². The summed E-state index contributed by atoms with van der Waals surface area (Å²) < 4.78 is 19.2. The van der Waals surface area contributed by atoms with Crippen LogP contribution in [0.15, 0.2) is 0 Å². The van der Waals surface area contributed by atoms with E-state index in [0.29, 0.717) is 0 Å². The first-order valence-corrected chi connectivity index (χ1v) is 3.04. The second kappa shape index (κ2) is 1.38. The minimum absolute atomic E-state index is 0.792. The van der Waals surface area contributed by atoms with Crippen molar-refractivity contribution in [3.8, 4) is 0 Å². The lowest BCUT2D eigenvalue weighted by Gasteiger charge is -1.67. The van der Waals surface area contributed by atoms with Crippen LogP contribution in [0, 0.1) is 0 Å². The molecule has 0 aliphatic heterocycles. The highest BCUT2D eigenvalue weighted by atomic mass is 32.2. The Balaban J connectivity index is 4.25. The molecule has 0 fully saturated rings. The Morgan fingerprint density at radius 2 is 1.67 bits per heavy atom. The van der Waals surface area contributed by atoms with Crippen molar-refractivity contribution in [1.82, 2.24) is 0 Å². The maximum Gasteiger partial charge on any atom is 0.327 e. The molecular formula is C2H3O3S. The largest absolute Gasteiger partial charge is 0.327 e. The van der Waals surface area contributed by atoms with Crippen molar-refractivity contribution in [2.75, 3.05) is 6.26 Å². The Kier molecular flexibility index (Phi) is 1.29. The van der Waals surface area contributed by atoms with Gasteiger partial charge in [0.2, 0.25) is 9.84 Å². The van der Waals surface area contributed by atoms with E-state index in [0.717, 1.165) is 11.9 Å². The van der Waals surface area contributed by atoms with E-state index in [4.69, 9.17) is 4.79 Å². The molecule has 0 aromatic carbocycles. The average Bonchev–Trinajstić information content (AvgIpc) is 1.35. The summed E-state index contributed by atoms with van der Waals surface area (Å²) in [6.07, 6.45) is 0.792. The van der Waals surface area contributed by atoms with Crippen LogP contribution in [0.1, 0.15) is 0 Å². The highest BCUT2D eigenvalue weighted by Crippen LogP contribution is 1.65. The van der Waals surface area contributed by atoms with Crippen molar-refractivity contribution in [1.29, 1.82) is 0 Å². The normalized spacial score (nSPS) is 10.8. The zero-order chi connectivity index (χ0) is 5.21. The van der Waals surface area contributed by atoms with Crippen LogP contribution in [0.25, 0.3) is 0 Å². The Hall–Kier alpha value is -0.380. The number of hydrogen-bond acceptors (Lipinski definition) is 3. The van der Waals surface area contributed by atoms with E-state index in [-0.39, 0.29) is 0 Å². The van der Waals surface area contributed by atoms with Gasteiger partial charge in [0.15, 0.2) is 0 Å². The third-order valence-electron chi connectivity index (χ3n) is 0.151. The van der Waals surface area contributed by atoms with E-state index in [1.54, 1.807) is 0 Å². The van der Waals surface area contributed by atoms with Crippen LogP contribution in [0.4, 0.5) is 0 Å². The van der Waals surface area contributed by atoms with Gasteiger partial charge in [-0.25, -0.2) is 8.42 Å². The molecule has 0 N–H and O–H groups in total. The number of rotatable bonds is 1. The maximum absolute atomic E-state index is 9.58. The van der Waals surface area contributed by atoms with E-state index in [2.05, 4.69) is 0 Å². The lowest BCUT2D eigenvalue weighted by atomic mass is 11.8. The highest BCUT2D eigenvalue weighted by Gasteiger charge is 1.94.